The van der Waals surface area contributed by atoms with E-state index >= 15 is 0 Å². The minimum atomic E-state index is 0.828. The fraction of sp³-hybridized carbons (Fsp3) is 0. The summed E-state index contributed by atoms with van der Waals surface area (Å²) in [6, 6.07) is 62.6. The van der Waals surface area contributed by atoms with Gasteiger partial charge in [-0.15, -0.1) is 0 Å². The van der Waals surface area contributed by atoms with Crippen LogP contribution in [0.15, 0.2) is 193 Å². The van der Waals surface area contributed by atoms with E-state index in [4.69, 9.17) is 4.42 Å². The van der Waals surface area contributed by atoms with E-state index in [1.807, 2.05) is 12.3 Å². The number of rotatable bonds is 6. The van der Waals surface area contributed by atoms with E-state index < -0.39 is 0 Å². The number of benzene rings is 7. The third kappa shape index (κ3) is 4.80. The highest BCUT2D eigenvalue weighted by atomic mass is 16.3. The van der Waals surface area contributed by atoms with Gasteiger partial charge in [-0.1, -0.05) is 115 Å². The molecule has 3 heterocycles. The number of nitrogens with zero attached hydrogens (tertiary/aromatic N) is 3. The Morgan fingerprint density at radius 3 is 1.92 bits per heavy atom. The van der Waals surface area contributed by atoms with Gasteiger partial charge in [0.2, 0.25) is 0 Å². The molecule has 0 spiro atoms. The highest BCUT2D eigenvalue weighted by molar-refractivity contribution is 6.10. The van der Waals surface area contributed by atoms with Crippen molar-refractivity contribution in [1.29, 1.82) is 0 Å². The molecule has 0 aliphatic rings. The van der Waals surface area contributed by atoms with E-state index in [1.54, 1.807) is 6.20 Å². The van der Waals surface area contributed by atoms with E-state index in [9.17, 15) is 0 Å². The summed E-state index contributed by atoms with van der Waals surface area (Å²) in [6.07, 6.45) is 3.65. The van der Waals surface area contributed by atoms with Crippen molar-refractivity contribution < 1.29 is 4.42 Å². The number of hydrogen-bond donors (Lipinski definition) is 0. The third-order valence-electron chi connectivity index (χ3n) is 9.89. The van der Waals surface area contributed by atoms with E-state index in [-0.39, 0.29) is 0 Å². The Morgan fingerprint density at radius 1 is 0.451 bits per heavy atom. The largest absolute Gasteiger partial charge is 0.456 e. The van der Waals surface area contributed by atoms with Crippen LogP contribution in [0.25, 0.3) is 71.7 Å². The smallest absolute Gasteiger partial charge is 0.138 e. The van der Waals surface area contributed by atoms with Crippen molar-refractivity contribution in [2.45, 2.75) is 0 Å². The fourth-order valence-corrected chi connectivity index (χ4v) is 7.59. The molecule has 0 amide bonds. The van der Waals surface area contributed by atoms with Gasteiger partial charge >= 0.3 is 0 Å². The summed E-state index contributed by atoms with van der Waals surface area (Å²) in [6.45, 7) is 0. The molecule has 0 atom stereocenters. The van der Waals surface area contributed by atoms with Crippen molar-refractivity contribution in [3.63, 3.8) is 0 Å². The van der Waals surface area contributed by atoms with Crippen molar-refractivity contribution in [1.82, 2.24) is 9.55 Å². The number of aromatic nitrogens is 2. The number of furan rings is 1. The third-order valence-corrected chi connectivity index (χ3v) is 9.89. The predicted molar refractivity (Wildman–Crippen MR) is 211 cm³/mol. The van der Waals surface area contributed by atoms with Crippen LogP contribution in [0.2, 0.25) is 0 Å². The average Bonchev–Trinajstić information content (AvgIpc) is 3.74. The van der Waals surface area contributed by atoms with Gasteiger partial charge in [-0.3, -0.25) is 4.98 Å². The Hall–Kier alpha value is -6.91. The van der Waals surface area contributed by atoms with Crippen LogP contribution in [0.1, 0.15) is 0 Å². The Kier molecular flexibility index (Phi) is 6.78. The van der Waals surface area contributed by atoms with Crippen molar-refractivity contribution in [3.8, 4) is 27.9 Å². The van der Waals surface area contributed by atoms with Crippen LogP contribution >= 0.6 is 0 Å². The Bertz CT molecular complexity index is 2820. The molecule has 0 aliphatic carbocycles. The lowest BCUT2D eigenvalue weighted by Crippen LogP contribution is -2.11. The molecule has 4 nitrogen and oxygen atoms in total. The number of para-hydroxylation sites is 4. The van der Waals surface area contributed by atoms with Gasteiger partial charge in [0.25, 0.3) is 0 Å². The van der Waals surface area contributed by atoms with Crippen molar-refractivity contribution in [3.05, 3.63) is 188 Å². The van der Waals surface area contributed by atoms with Gasteiger partial charge in [0.1, 0.15) is 11.2 Å². The molecule has 240 valence electrons. The van der Waals surface area contributed by atoms with E-state index in [0.29, 0.717) is 0 Å². The van der Waals surface area contributed by atoms with Crippen LogP contribution in [-0.2, 0) is 0 Å². The highest BCUT2D eigenvalue weighted by Crippen LogP contribution is 2.44. The molecule has 51 heavy (non-hydrogen) atoms. The first-order valence-electron chi connectivity index (χ1n) is 17.2. The highest BCUT2D eigenvalue weighted by Gasteiger charge is 2.21. The van der Waals surface area contributed by atoms with Crippen LogP contribution < -0.4 is 4.90 Å². The molecule has 0 aliphatic heterocycles. The summed E-state index contributed by atoms with van der Waals surface area (Å²) in [5.74, 6) is 0. The lowest BCUT2D eigenvalue weighted by molar-refractivity contribution is 0.668. The summed E-state index contributed by atoms with van der Waals surface area (Å²) in [5, 5.41) is 4.55. The summed E-state index contributed by atoms with van der Waals surface area (Å²) in [4.78, 5) is 6.67. The van der Waals surface area contributed by atoms with E-state index in [1.165, 1.54) is 32.9 Å². The Morgan fingerprint density at radius 2 is 1.14 bits per heavy atom. The zero-order chi connectivity index (χ0) is 33.7. The standard InChI is InChI=1S/C47H31N3O/c1-3-13-32(14-4-1)37-25-23-33(29-45(37)50-43-21-11-8-18-38(43)39-19-9-12-22-44(39)50)36-17-7-10-20-42(36)49(34-15-5-2-6-16-34)35-24-26-40-41-31-48-28-27-46(41)51-47(40)30-35/h1-31H. The van der Waals surface area contributed by atoms with Gasteiger partial charge in [0, 0.05) is 62.5 Å². The normalized spacial score (nSPS) is 11.5. The second kappa shape index (κ2) is 11.9. The number of anilines is 3. The topological polar surface area (TPSA) is 34.2 Å². The van der Waals surface area contributed by atoms with Gasteiger partial charge in [-0.2, -0.15) is 0 Å². The Labute approximate surface area is 295 Å². The monoisotopic (exact) mass is 653 g/mol. The molecule has 4 heteroatoms. The molecule has 7 aromatic carbocycles. The van der Waals surface area contributed by atoms with Gasteiger partial charge in [-0.25, -0.2) is 0 Å². The maximum atomic E-state index is 6.34. The first-order valence-corrected chi connectivity index (χ1v) is 17.2. The lowest BCUT2D eigenvalue weighted by atomic mass is 9.96. The number of pyridine rings is 1. The summed E-state index contributed by atoms with van der Waals surface area (Å²) in [5.41, 5.74) is 12.9. The summed E-state index contributed by atoms with van der Waals surface area (Å²) < 4.78 is 8.77. The van der Waals surface area contributed by atoms with Crippen LogP contribution in [0.4, 0.5) is 17.1 Å². The number of hydrogen-bond acceptors (Lipinski definition) is 3. The quantitative estimate of drug-likeness (QED) is 0.179. The van der Waals surface area contributed by atoms with Crippen LogP contribution in [0.5, 0.6) is 0 Å². The minimum Gasteiger partial charge on any atom is -0.456 e. The molecule has 0 fully saturated rings. The SMILES string of the molecule is c1ccc(-c2ccc(-c3ccccc3N(c3ccccc3)c3ccc4c(c3)oc3ccncc34)cc2-n2c3ccccc3c3ccccc32)cc1. The molecule has 0 radical (unpaired) electrons. The van der Waals surface area contributed by atoms with Crippen LogP contribution in [0, 0.1) is 0 Å². The Balaban J connectivity index is 1.21. The van der Waals surface area contributed by atoms with Gasteiger partial charge in [0.15, 0.2) is 0 Å². The van der Waals surface area contributed by atoms with Crippen molar-refractivity contribution in [2.24, 2.45) is 0 Å². The molecule has 0 N–H and O–H groups in total. The minimum absolute atomic E-state index is 0.828. The fourth-order valence-electron chi connectivity index (χ4n) is 7.59. The summed E-state index contributed by atoms with van der Waals surface area (Å²) in [7, 11) is 0. The predicted octanol–water partition coefficient (Wildman–Crippen LogP) is 12.9. The second-order valence-electron chi connectivity index (χ2n) is 12.8. The first kappa shape index (κ1) is 29.0. The van der Waals surface area contributed by atoms with Gasteiger partial charge in [-0.05, 0) is 65.7 Å². The second-order valence-corrected chi connectivity index (χ2v) is 12.8. The van der Waals surface area contributed by atoms with E-state index in [2.05, 4.69) is 184 Å². The maximum Gasteiger partial charge on any atom is 0.138 e. The van der Waals surface area contributed by atoms with Crippen LogP contribution in [0.3, 0.4) is 0 Å². The molecule has 10 rings (SSSR count). The molecule has 3 aromatic heterocycles. The van der Waals surface area contributed by atoms with Gasteiger partial charge < -0.3 is 13.9 Å². The molecule has 0 bridgehead atoms. The summed E-state index contributed by atoms with van der Waals surface area (Å²) >= 11 is 0. The molecule has 0 saturated heterocycles. The van der Waals surface area contributed by atoms with Crippen molar-refractivity contribution >= 4 is 60.8 Å². The van der Waals surface area contributed by atoms with E-state index in [0.717, 1.165) is 55.8 Å². The zero-order valence-corrected chi connectivity index (χ0v) is 27.6. The molecular formula is C47H31N3O. The molecular weight excluding hydrogens is 623 g/mol. The average molecular weight is 654 g/mol. The molecule has 0 saturated carbocycles. The zero-order valence-electron chi connectivity index (χ0n) is 27.6. The van der Waals surface area contributed by atoms with Gasteiger partial charge in [0.05, 0.1) is 22.4 Å². The maximum absolute atomic E-state index is 6.34. The van der Waals surface area contributed by atoms with Crippen LogP contribution in [-0.4, -0.2) is 9.55 Å². The first-order chi connectivity index (χ1) is 25.3. The van der Waals surface area contributed by atoms with Crippen molar-refractivity contribution in [2.75, 3.05) is 4.90 Å². The number of fused-ring (bicyclic) bond motifs is 6. The molecule has 10 aromatic rings. The molecule has 0 unspecified atom stereocenters. The lowest BCUT2D eigenvalue weighted by Gasteiger charge is -2.28.